The van der Waals surface area contributed by atoms with Gasteiger partial charge in [-0.3, -0.25) is 4.90 Å². The first kappa shape index (κ1) is 24.5. The van der Waals surface area contributed by atoms with E-state index in [4.69, 9.17) is 14.7 Å². The van der Waals surface area contributed by atoms with Gasteiger partial charge in [-0.1, -0.05) is 12.8 Å². The first-order chi connectivity index (χ1) is 17.2. The number of ether oxygens (including phenoxy) is 1. The summed E-state index contributed by atoms with van der Waals surface area (Å²) >= 11 is 0. The Morgan fingerprint density at radius 2 is 1.66 bits per heavy atom. The predicted octanol–water partition coefficient (Wildman–Crippen LogP) is 4.00. The number of hydrogen-bond acceptors (Lipinski definition) is 7. The monoisotopic (exact) mass is 478 g/mol. The number of morpholine rings is 1. The number of piperazine rings is 1. The molecular formula is C28H42N6O. The topological polar surface area (TPSA) is 56.8 Å². The second-order valence-corrected chi connectivity index (χ2v) is 10.4. The predicted molar refractivity (Wildman–Crippen MR) is 143 cm³/mol. The fourth-order valence-corrected chi connectivity index (χ4v) is 5.77. The molecular weight excluding hydrogens is 436 g/mol. The molecule has 2 aliphatic heterocycles. The Morgan fingerprint density at radius 3 is 2.37 bits per heavy atom. The summed E-state index contributed by atoms with van der Waals surface area (Å²) in [5, 5.41) is 3.73. The van der Waals surface area contributed by atoms with E-state index in [0.717, 1.165) is 94.9 Å². The summed E-state index contributed by atoms with van der Waals surface area (Å²) in [6.45, 7) is 12.5. The van der Waals surface area contributed by atoms with E-state index in [0.29, 0.717) is 5.92 Å². The van der Waals surface area contributed by atoms with Crippen LogP contribution in [0.15, 0.2) is 24.3 Å². The van der Waals surface area contributed by atoms with E-state index in [9.17, 15) is 0 Å². The SMILES string of the molecule is Cc1nc(-c2ccc(N3CCN(C)CC3)cc2)nc(NCCCN2CCOCC2)c1C1CCCC1. The number of likely N-dealkylation sites (N-methyl/N-ethyl adjacent to an activating group) is 1. The average molecular weight is 479 g/mol. The summed E-state index contributed by atoms with van der Waals surface area (Å²) < 4.78 is 5.48. The second kappa shape index (κ2) is 11.7. The van der Waals surface area contributed by atoms with Crippen LogP contribution in [0.5, 0.6) is 0 Å². The van der Waals surface area contributed by atoms with E-state index >= 15 is 0 Å². The standard InChI is InChI=1S/C28H42N6O/c1-22-26(23-6-3-4-7-23)28(29-12-5-13-33-18-20-35-21-19-33)31-27(30-22)24-8-10-25(11-9-24)34-16-14-32(2)15-17-34/h8-11,23H,3-7,12-21H2,1-2H3,(H,29,30,31). The van der Waals surface area contributed by atoms with E-state index < -0.39 is 0 Å². The summed E-state index contributed by atoms with van der Waals surface area (Å²) in [4.78, 5) is 17.5. The van der Waals surface area contributed by atoms with Crippen LogP contribution < -0.4 is 10.2 Å². The lowest BCUT2D eigenvalue weighted by molar-refractivity contribution is 0.0378. The Labute approximate surface area is 210 Å². The minimum Gasteiger partial charge on any atom is -0.379 e. The number of anilines is 2. The van der Waals surface area contributed by atoms with Crippen LogP contribution in [0.1, 0.15) is 49.3 Å². The number of nitrogens with one attached hydrogen (secondary N) is 1. The number of benzene rings is 1. The van der Waals surface area contributed by atoms with Crippen LogP contribution in [0.25, 0.3) is 11.4 Å². The Balaban J connectivity index is 1.30. The molecule has 0 bridgehead atoms. The zero-order valence-electron chi connectivity index (χ0n) is 21.6. The van der Waals surface area contributed by atoms with Crippen molar-refractivity contribution >= 4 is 11.5 Å². The first-order valence-electron chi connectivity index (χ1n) is 13.6. The Hall–Kier alpha value is -2.22. The van der Waals surface area contributed by atoms with Crippen molar-refractivity contribution < 1.29 is 4.74 Å². The molecule has 0 atom stereocenters. The zero-order chi connectivity index (χ0) is 24.0. The van der Waals surface area contributed by atoms with Crippen LogP contribution in [-0.4, -0.2) is 92.4 Å². The molecule has 1 aromatic carbocycles. The van der Waals surface area contributed by atoms with Crippen molar-refractivity contribution in [1.29, 1.82) is 0 Å². The van der Waals surface area contributed by atoms with E-state index in [1.54, 1.807) is 0 Å². The van der Waals surface area contributed by atoms with Gasteiger partial charge in [0.15, 0.2) is 5.82 Å². The molecule has 1 saturated carbocycles. The van der Waals surface area contributed by atoms with Crippen LogP contribution in [0, 0.1) is 6.92 Å². The Bertz CT molecular complexity index is 945. The maximum Gasteiger partial charge on any atom is 0.161 e. The number of aromatic nitrogens is 2. The molecule has 0 unspecified atom stereocenters. The molecule has 5 rings (SSSR count). The number of rotatable bonds is 8. The van der Waals surface area contributed by atoms with Gasteiger partial charge in [0.05, 0.1) is 13.2 Å². The van der Waals surface area contributed by atoms with Crippen LogP contribution in [0.3, 0.4) is 0 Å². The molecule has 1 N–H and O–H groups in total. The smallest absolute Gasteiger partial charge is 0.161 e. The summed E-state index contributed by atoms with van der Waals surface area (Å²) in [5.41, 5.74) is 4.88. The molecule has 0 amide bonds. The van der Waals surface area contributed by atoms with Crippen LogP contribution in [0.2, 0.25) is 0 Å². The fraction of sp³-hybridized carbons (Fsp3) is 0.643. The van der Waals surface area contributed by atoms with E-state index in [1.165, 1.54) is 36.9 Å². The van der Waals surface area contributed by atoms with Crippen molar-refractivity contribution in [2.75, 3.05) is 82.8 Å². The number of aryl methyl sites for hydroxylation is 1. The highest BCUT2D eigenvalue weighted by atomic mass is 16.5. The molecule has 1 aliphatic carbocycles. The van der Waals surface area contributed by atoms with Crippen LogP contribution >= 0.6 is 0 Å². The molecule has 2 aromatic rings. The molecule has 0 radical (unpaired) electrons. The molecule has 0 spiro atoms. The second-order valence-electron chi connectivity index (χ2n) is 10.4. The highest BCUT2D eigenvalue weighted by Gasteiger charge is 2.25. The van der Waals surface area contributed by atoms with Gasteiger partial charge in [-0.2, -0.15) is 0 Å². The van der Waals surface area contributed by atoms with Gasteiger partial charge in [-0.25, -0.2) is 9.97 Å². The van der Waals surface area contributed by atoms with Gasteiger partial charge in [0.2, 0.25) is 0 Å². The lowest BCUT2D eigenvalue weighted by Crippen LogP contribution is -2.44. The van der Waals surface area contributed by atoms with Crippen molar-refractivity contribution in [2.24, 2.45) is 0 Å². The Morgan fingerprint density at radius 1 is 0.943 bits per heavy atom. The highest BCUT2D eigenvalue weighted by molar-refractivity contribution is 5.64. The summed E-state index contributed by atoms with van der Waals surface area (Å²) in [6, 6.07) is 8.86. The number of hydrogen-bond donors (Lipinski definition) is 1. The molecule has 1 aromatic heterocycles. The van der Waals surface area contributed by atoms with E-state index in [2.05, 4.69) is 58.3 Å². The van der Waals surface area contributed by atoms with Gasteiger partial charge in [-0.15, -0.1) is 0 Å². The third-order valence-corrected chi connectivity index (χ3v) is 7.94. The van der Waals surface area contributed by atoms with Gasteiger partial charge in [0, 0.05) is 68.3 Å². The maximum absolute atomic E-state index is 5.48. The normalized spacial score (nSPS) is 20.5. The van der Waals surface area contributed by atoms with E-state index in [1.807, 2.05) is 0 Å². The minimum absolute atomic E-state index is 0.588. The molecule has 3 heterocycles. The molecule has 190 valence electrons. The quantitative estimate of drug-likeness (QED) is 0.576. The van der Waals surface area contributed by atoms with Crippen molar-refractivity contribution in [3.05, 3.63) is 35.5 Å². The highest BCUT2D eigenvalue weighted by Crippen LogP contribution is 2.39. The minimum atomic E-state index is 0.588. The van der Waals surface area contributed by atoms with Crippen LogP contribution in [-0.2, 0) is 4.74 Å². The molecule has 35 heavy (non-hydrogen) atoms. The van der Waals surface area contributed by atoms with Crippen molar-refractivity contribution in [3.8, 4) is 11.4 Å². The number of nitrogens with zero attached hydrogens (tertiary/aromatic N) is 5. The maximum atomic E-state index is 5.48. The zero-order valence-corrected chi connectivity index (χ0v) is 21.6. The molecule has 3 fully saturated rings. The molecule has 2 saturated heterocycles. The summed E-state index contributed by atoms with van der Waals surface area (Å²) in [7, 11) is 2.20. The van der Waals surface area contributed by atoms with Crippen molar-refractivity contribution in [2.45, 2.75) is 44.9 Å². The lowest BCUT2D eigenvalue weighted by atomic mass is 9.96. The molecule has 7 nitrogen and oxygen atoms in total. The van der Waals surface area contributed by atoms with Gasteiger partial charge < -0.3 is 19.9 Å². The van der Waals surface area contributed by atoms with Crippen molar-refractivity contribution in [1.82, 2.24) is 19.8 Å². The van der Waals surface area contributed by atoms with Gasteiger partial charge in [0.1, 0.15) is 5.82 Å². The Kier molecular flexibility index (Phi) is 8.16. The molecule has 7 heteroatoms. The summed E-state index contributed by atoms with van der Waals surface area (Å²) in [6.07, 6.45) is 6.26. The lowest BCUT2D eigenvalue weighted by Gasteiger charge is -2.34. The van der Waals surface area contributed by atoms with Gasteiger partial charge in [-0.05, 0) is 70.0 Å². The first-order valence-corrected chi connectivity index (χ1v) is 13.6. The van der Waals surface area contributed by atoms with Gasteiger partial charge in [0.25, 0.3) is 0 Å². The van der Waals surface area contributed by atoms with E-state index in [-0.39, 0.29) is 0 Å². The largest absolute Gasteiger partial charge is 0.379 e. The third-order valence-electron chi connectivity index (χ3n) is 7.94. The van der Waals surface area contributed by atoms with Crippen molar-refractivity contribution in [3.63, 3.8) is 0 Å². The third kappa shape index (κ3) is 6.13. The fourth-order valence-electron chi connectivity index (χ4n) is 5.77. The van der Waals surface area contributed by atoms with Crippen LogP contribution in [0.4, 0.5) is 11.5 Å². The summed E-state index contributed by atoms with van der Waals surface area (Å²) in [5.74, 6) is 2.49. The molecule has 3 aliphatic rings. The average Bonchev–Trinajstić information content (AvgIpc) is 3.42. The van der Waals surface area contributed by atoms with Gasteiger partial charge >= 0.3 is 0 Å².